The number of ether oxygens (including phenoxy) is 1. The van der Waals surface area contributed by atoms with Crippen LogP contribution in [0.3, 0.4) is 0 Å². The van der Waals surface area contributed by atoms with Crippen LogP contribution in [0.15, 0.2) is 24.3 Å². The fourth-order valence-corrected chi connectivity index (χ4v) is 1.83. The second-order valence-electron chi connectivity index (χ2n) is 4.76. The van der Waals surface area contributed by atoms with Crippen molar-refractivity contribution in [2.24, 2.45) is 0 Å². The van der Waals surface area contributed by atoms with E-state index in [9.17, 15) is 9.18 Å². The number of nitrogens with zero attached hydrogens (tertiary/aromatic N) is 1. The van der Waals surface area contributed by atoms with Gasteiger partial charge in [0.15, 0.2) is 0 Å². The highest BCUT2D eigenvalue weighted by molar-refractivity contribution is 5.76. The summed E-state index contributed by atoms with van der Waals surface area (Å²) in [5.41, 5.74) is 0.722. The minimum Gasteiger partial charge on any atom is -0.468 e. The molecule has 1 atom stereocenters. The van der Waals surface area contributed by atoms with Crippen LogP contribution < -0.4 is 10.2 Å². The third-order valence-electron chi connectivity index (χ3n) is 2.73. The number of esters is 1. The maximum absolute atomic E-state index is 13.2. The molecule has 0 amide bonds. The Morgan fingerprint density at radius 1 is 1.47 bits per heavy atom. The maximum Gasteiger partial charge on any atom is 0.324 e. The van der Waals surface area contributed by atoms with Gasteiger partial charge in [-0.25, -0.2) is 4.39 Å². The summed E-state index contributed by atoms with van der Waals surface area (Å²) in [4.78, 5) is 13.5. The summed E-state index contributed by atoms with van der Waals surface area (Å²) < 4.78 is 17.9. The zero-order valence-electron chi connectivity index (χ0n) is 11.8. The Morgan fingerprint density at radius 3 is 2.68 bits per heavy atom. The van der Waals surface area contributed by atoms with Crippen LogP contribution in [0.2, 0.25) is 0 Å². The van der Waals surface area contributed by atoms with Crippen LogP contribution in [0.1, 0.15) is 13.8 Å². The fourth-order valence-electron chi connectivity index (χ4n) is 1.83. The molecule has 0 fully saturated rings. The van der Waals surface area contributed by atoms with Gasteiger partial charge in [0.05, 0.1) is 7.11 Å². The number of hydrogen-bond acceptors (Lipinski definition) is 4. The number of anilines is 1. The molecule has 1 aromatic rings. The third-order valence-corrected chi connectivity index (χ3v) is 2.73. The van der Waals surface area contributed by atoms with E-state index >= 15 is 0 Å². The monoisotopic (exact) mass is 268 g/mol. The molecule has 0 heterocycles. The molecule has 1 unspecified atom stereocenters. The van der Waals surface area contributed by atoms with Crippen LogP contribution in [-0.2, 0) is 9.53 Å². The lowest BCUT2D eigenvalue weighted by Gasteiger charge is -2.26. The summed E-state index contributed by atoms with van der Waals surface area (Å²) in [7, 11) is 3.17. The first-order valence-corrected chi connectivity index (χ1v) is 6.24. The molecule has 0 aliphatic carbocycles. The number of benzene rings is 1. The second kappa shape index (κ2) is 7.09. The quantitative estimate of drug-likeness (QED) is 0.799. The van der Waals surface area contributed by atoms with Crippen LogP contribution in [0, 0.1) is 5.82 Å². The molecule has 0 radical (unpaired) electrons. The van der Waals surface area contributed by atoms with E-state index in [-0.39, 0.29) is 17.8 Å². The molecule has 1 N–H and O–H groups in total. The van der Waals surface area contributed by atoms with Gasteiger partial charge in [0.25, 0.3) is 0 Å². The van der Waals surface area contributed by atoms with Crippen molar-refractivity contribution in [2.75, 3.05) is 25.6 Å². The van der Waals surface area contributed by atoms with Gasteiger partial charge >= 0.3 is 5.97 Å². The van der Waals surface area contributed by atoms with Gasteiger partial charge in [0, 0.05) is 25.3 Å². The molecule has 4 nitrogen and oxygen atoms in total. The lowest BCUT2D eigenvalue weighted by atomic mass is 10.2. The topological polar surface area (TPSA) is 41.6 Å². The summed E-state index contributed by atoms with van der Waals surface area (Å²) in [6.07, 6.45) is 0. The molecule has 0 bridgehead atoms. The SMILES string of the molecule is COC(=O)C(CN(C)c1cccc(F)c1)NC(C)C. The van der Waals surface area contributed by atoms with Crippen molar-refractivity contribution in [3.63, 3.8) is 0 Å². The standard InChI is InChI=1S/C14H21FN2O2/c1-10(2)16-13(14(18)19-4)9-17(3)12-7-5-6-11(15)8-12/h5-8,10,13,16H,9H2,1-4H3. The Labute approximate surface area is 113 Å². The molecule has 0 aliphatic rings. The zero-order valence-corrected chi connectivity index (χ0v) is 11.8. The third kappa shape index (κ3) is 4.87. The Balaban J connectivity index is 2.75. The van der Waals surface area contributed by atoms with E-state index in [2.05, 4.69) is 5.32 Å². The minimum atomic E-state index is -0.446. The van der Waals surface area contributed by atoms with Gasteiger partial charge in [-0.15, -0.1) is 0 Å². The van der Waals surface area contributed by atoms with E-state index in [0.717, 1.165) is 5.69 Å². The predicted molar refractivity (Wildman–Crippen MR) is 73.7 cm³/mol. The number of carbonyl (C=O) groups excluding carboxylic acids is 1. The summed E-state index contributed by atoms with van der Waals surface area (Å²) in [5.74, 6) is -0.618. The Hall–Kier alpha value is -1.62. The van der Waals surface area contributed by atoms with Crippen molar-refractivity contribution in [3.05, 3.63) is 30.1 Å². The molecule has 0 aromatic heterocycles. The highest BCUT2D eigenvalue weighted by atomic mass is 19.1. The highest BCUT2D eigenvalue weighted by Crippen LogP contribution is 2.14. The lowest BCUT2D eigenvalue weighted by molar-refractivity contribution is -0.143. The van der Waals surface area contributed by atoms with Crippen molar-refractivity contribution in [2.45, 2.75) is 25.9 Å². The summed E-state index contributed by atoms with van der Waals surface area (Å²) in [5, 5.41) is 3.14. The van der Waals surface area contributed by atoms with E-state index in [1.54, 1.807) is 12.1 Å². The Kier molecular flexibility index (Phi) is 5.76. The number of nitrogens with one attached hydrogen (secondary N) is 1. The van der Waals surface area contributed by atoms with Crippen LogP contribution in [0.5, 0.6) is 0 Å². The molecule has 106 valence electrons. The molecule has 1 aromatic carbocycles. The van der Waals surface area contributed by atoms with Crippen LogP contribution in [0.4, 0.5) is 10.1 Å². The van der Waals surface area contributed by atoms with Gasteiger partial charge in [-0.3, -0.25) is 4.79 Å². The largest absolute Gasteiger partial charge is 0.468 e. The number of methoxy groups -OCH3 is 1. The van der Waals surface area contributed by atoms with Gasteiger partial charge < -0.3 is 15.0 Å². The maximum atomic E-state index is 13.2. The van der Waals surface area contributed by atoms with E-state index in [1.807, 2.05) is 25.8 Å². The zero-order chi connectivity index (χ0) is 14.4. The number of carbonyl (C=O) groups is 1. The average molecular weight is 268 g/mol. The second-order valence-corrected chi connectivity index (χ2v) is 4.76. The molecule has 0 saturated carbocycles. The van der Waals surface area contributed by atoms with Crippen molar-refractivity contribution >= 4 is 11.7 Å². The molecule has 0 spiro atoms. The highest BCUT2D eigenvalue weighted by Gasteiger charge is 2.21. The number of rotatable bonds is 6. The van der Waals surface area contributed by atoms with Crippen molar-refractivity contribution in [1.29, 1.82) is 0 Å². The summed E-state index contributed by atoms with van der Waals surface area (Å²) in [6, 6.07) is 5.98. The van der Waals surface area contributed by atoms with Crippen molar-refractivity contribution in [3.8, 4) is 0 Å². The molecular weight excluding hydrogens is 247 g/mol. The molecule has 1 rings (SSSR count). The molecular formula is C14H21FN2O2. The normalized spacial score (nSPS) is 12.3. The van der Waals surface area contributed by atoms with Gasteiger partial charge in [-0.1, -0.05) is 19.9 Å². The molecule has 0 aliphatic heterocycles. The van der Waals surface area contributed by atoms with Crippen molar-refractivity contribution in [1.82, 2.24) is 5.32 Å². The summed E-state index contributed by atoms with van der Waals surface area (Å²) >= 11 is 0. The Morgan fingerprint density at radius 2 is 2.16 bits per heavy atom. The summed E-state index contributed by atoms with van der Waals surface area (Å²) in [6.45, 7) is 4.32. The average Bonchev–Trinajstić information content (AvgIpc) is 2.36. The number of likely N-dealkylation sites (N-methyl/N-ethyl adjacent to an activating group) is 1. The first-order chi connectivity index (χ1) is 8.93. The van der Waals surface area contributed by atoms with Gasteiger partial charge in [0.2, 0.25) is 0 Å². The van der Waals surface area contributed by atoms with Crippen LogP contribution >= 0.6 is 0 Å². The van der Waals surface area contributed by atoms with Crippen molar-refractivity contribution < 1.29 is 13.9 Å². The van der Waals surface area contributed by atoms with Gasteiger partial charge in [-0.05, 0) is 18.2 Å². The predicted octanol–water partition coefficient (Wildman–Crippen LogP) is 1.80. The number of halogens is 1. The van der Waals surface area contributed by atoms with E-state index in [1.165, 1.54) is 19.2 Å². The fraction of sp³-hybridized carbons (Fsp3) is 0.500. The van der Waals surface area contributed by atoms with Gasteiger partial charge in [-0.2, -0.15) is 0 Å². The van der Waals surface area contributed by atoms with Crippen LogP contribution in [-0.4, -0.2) is 38.8 Å². The van der Waals surface area contributed by atoms with E-state index in [4.69, 9.17) is 4.74 Å². The van der Waals surface area contributed by atoms with Crippen LogP contribution in [0.25, 0.3) is 0 Å². The molecule has 0 saturated heterocycles. The van der Waals surface area contributed by atoms with E-state index in [0.29, 0.717) is 6.54 Å². The van der Waals surface area contributed by atoms with E-state index < -0.39 is 6.04 Å². The minimum absolute atomic E-state index is 0.157. The Bertz CT molecular complexity index is 424. The number of hydrogen-bond donors (Lipinski definition) is 1. The first-order valence-electron chi connectivity index (χ1n) is 6.24. The lowest BCUT2D eigenvalue weighted by Crippen LogP contribution is -2.48. The van der Waals surface area contributed by atoms with Gasteiger partial charge in [0.1, 0.15) is 11.9 Å². The molecule has 19 heavy (non-hydrogen) atoms. The smallest absolute Gasteiger partial charge is 0.324 e. The molecule has 5 heteroatoms. The first kappa shape index (κ1) is 15.4.